The van der Waals surface area contributed by atoms with E-state index >= 15 is 0 Å². The molecule has 1 atom stereocenters. The maximum atomic E-state index is 13.6. The minimum atomic E-state index is -0.521. The Hall–Kier alpha value is -1.33. The summed E-state index contributed by atoms with van der Waals surface area (Å²) < 4.78 is 19.4. The number of hydrogen-bond acceptors (Lipinski definition) is 4. The number of phenols is 1. The van der Waals surface area contributed by atoms with Crippen LogP contribution >= 0.6 is 0 Å². The Kier molecular flexibility index (Phi) is 5.06. The van der Waals surface area contributed by atoms with Gasteiger partial charge in [0, 0.05) is 31.7 Å². The number of nitrogens with one attached hydrogen (secondary N) is 1. The predicted molar refractivity (Wildman–Crippen MR) is 81.6 cm³/mol. The normalized spacial score (nSPS) is 18.5. The Morgan fingerprint density at radius 3 is 2.57 bits per heavy atom. The topological polar surface area (TPSA) is 44.7 Å². The fourth-order valence-electron chi connectivity index (χ4n) is 2.59. The van der Waals surface area contributed by atoms with Gasteiger partial charge in [-0.3, -0.25) is 4.90 Å². The van der Waals surface area contributed by atoms with E-state index in [9.17, 15) is 9.50 Å². The second-order valence-electron chi connectivity index (χ2n) is 6.39. The zero-order chi connectivity index (χ0) is 15.5. The summed E-state index contributed by atoms with van der Waals surface area (Å²) in [5.74, 6) is 0.779. The van der Waals surface area contributed by atoms with Crippen LogP contribution in [-0.4, -0.2) is 48.5 Å². The second-order valence-corrected chi connectivity index (χ2v) is 6.39. The molecule has 1 fully saturated rings. The van der Waals surface area contributed by atoms with Crippen molar-refractivity contribution in [2.24, 2.45) is 0 Å². The van der Waals surface area contributed by atoms with Crippen molar-refractivity contribution < 1.29 is 14.2 Å². The molecule has 1 aliphatic heterocycles. The number of piperazine rings is 1. The lowest BCUT2D eigenvalue weighted by Gasteiger charge is -2.34. The maximum Gasteiger partial charge on any atom is 0.120 e. The number of alkyl halides is 1. The molecule has 118 valence electrons. The molecular weight excluding hydrogens is 271 g/mol. The summed E-state index contributed by atoms with van der Waals surface area (Å²) in [7, 11) is 0. The van der Waals surface area contributed by atoms with E-state index < -0.39 is 12.7 Å². The largest absolute Gasteiger partial charge is 0.508 e. The third-order valence-corrected chi connectivity index (χ3v) is 3.52. The molecule has 2 N–H and O–H groups in total. The minimum Gasteiger partial charge on any atom is -0.508 e. The van der Waals surface area contributed by atoms with Gasteiger partial charge < -0.3 is 15.2 Å². The first-order valence-electron chi connectivity index (χ1n) is 7.43. The molecule has 1 aromatic carbocycles. The van der Waals surface area contributed by atoms with Gasteiger partial charge in [-0.05, 0) is 39.0 Å². The van der Waals surface area contributed by atoms with Gasteiger partial charge in [0.2, 0.25) is 0 Å². The first kappa shape index (κ1) is 16.0. The smallest absolute Gasteiger partial charge is 0.120 e. The Morgan fingerprint density at radius 1 is 1.33 bits per heavy atom. The molecule has 21 heavy (non-hydrogen) atoms. The molecule has 0 bridgehead atoms. The van der Waals surface area contributed by atoms with Gasteiger partial charge in [0.05, 0.1) is 6.04 Å². The van der Waals surface area contributed by atoms with Gasteiger partial charge in [0.25, 0.3) is 0 Å². The predicted octanol–water partition coefficient (Wildman–Crippen LogP) is 2.49. The lowest BCUT2D eigenvalue weighted by atomic mass is 10.0. The van der Waals surface area contributed by atoms with Crippen LogP contribution in [0.4, 0.5) is 4.39 Å². The molecule has 0 saturated carbocycles. The molecule has 2 rings (SSSR count). The first-order chi connectivity index (χ1) is 9.90. The van der Waals surface area contributed by atoms with Crippen molar-refractivity contribution in [1.82, 2.24) is 10.2 Å². The van der Waals surface area contributed by atoms with Crippen LogP contribution < -0.4 is 10.1 Å². The van der Waals surface area contributed by atoms with E-state index in [1.807, 2.05) is 20.8 Å². The molecule has 4 nitrogen and oxygen atoms in total. The molecular formula is C16H25FN2O2. The molecule has 1 heterocycles. The fourth-order valence-corrected chi connectivity index (χ4v) is 2.59. The van der Waals surface area contributed by atoms with Crippen molar-refractivity contribution in [1.29, 1.82) is 0 Å². The number of rotatable bonds is 4. The number of aromatic hydroxyl groups is 1. The number of phenolic OH excluding ortho intramolecular Hbond substituents is 1. The Labute approximate surface area is 125 Å². The highest BCUT2D eigenvalue weighted by Gasteiger charge is 2.25. The highest BCUT2D eigenvalue weighted by atomic mass is 19.1. The number of hydrogen-bond donors (Lipinski definition) is 2. The summed E-state index contributed by atoms with van der Waals surface area (Å²) >= 11 is 0. The van der Waals surface area contributed by atoms with E-state index in [1.165, 1.54) is 0 Å². The van der Waals surface area contributed by atoms with Crippen LogP contribution in [0, 0.1) is 0 Å². The third-order valence-electron chi connectivity index (χ3n) is 3.52. The average Bonchev–Trinajstić information content (AvgIpc) is 2.43. The van der Waals surface area contributed by atoms with Crippen LogP contribution in [0.5, 0.6) is 11.5 Å². The fraction of sp³-hybridized carbons (Fsp3) is 0.625. The summed E-state index contributed by atoms with van der Waals surface area (Å²) in [5.41, 5.74) is 0.273. The Morgan fingerprint density at radius 2 is 2.00 bits per heavy atom. The zero-order valence-corrected chi connectivity index (χ0v) is 13.0. The summed E-state index contributed by atoms with van der Waals surface area (Å²) in [6, 6.07) is 4.64. The van der Waals surface area contributed by atoms with Gasteiger partial charge in [-0.25, -0.2) is 4.39 Å². The van der Waals surface area contributed by atoms with Crippen LogP contribution in [0.2, 0.25) is 0 Å². The van der Waals surface area contributed by atoms with Crippen molar-refractivity contribution in [3.63, 3.8) is 0 Å². The van der Waals surface area contributed by atoms with E-state index in [2.05, 4.69) is 10.2 Å². The van der Waals surface area contributed by atoms with Crippen molar-refractivity contribution in [2.75, 3.05) is 32.9 Å². The van der Waals surface area contributed by atoms with Crippen LogP contribution in [-0.2, 0) is 0 Å². The highest BCUT2D eigenvalue weighted by Crippen LogP contribution is 2.33. The van der Waals surface area contributed by atoms with Crippen LogP contribution in [0.3, 0.4) is 0 Å². The standard InChI is InChI=1S/C16H25FN2O2/c1-16(2,3)21-12-4-5-15(20)13(10-12)14(11-17)19-8-6-18-7-9-19/h4-5,10,14,18,20H,6-9,11H2,1-3H3/t14-/m1/s1. The Balaban J connectivity index is 2.24. The summed E-state index contributed by atoms with van der Waals surface area (Å²) in [6.07, 6.45) is 0. The molecule has 0 spiro atoms. The first-order valence-corrected chi connectivity index (χ1v) is 7.43. The van der Waals surface area contributed by atoms with Crippen LogP contribution in [0.25, 0.3) is 0 Å². The summed E-state index contributed by atoms with van der Waals surface area (Å²) in [4.78, 5) is 2.06. The molecule has 0 aromatic heterocycles. The molecule has 1 saturated heterocycles. The van der Waals surface area contributed by atoms with Crippen molar-refractivity contribution in [2.45, 2.75) is 32.4 Å². The maximum absolute atomic E-state index is 13.6. The summed E-state index contributed by atoms with van der Waals surface area (Å²) in [5, 5.41) is 13.4. The Bertz CT molecular complexity index is 468. The monoisotopic (exact) mass is 296 g/mol. The van der Waals surface area contributed by atoms with Gasteiger partial charge in [-0.1, -0.05) is 0 Å². The number of halogens is 1. The quantitative estimate of drug-likeness (QED) is 0.896. The lowest BCUT2D eigenvalue weighted by Crippen LogP contribution is -2.45. The van der Waals surface area contributed by atoms with Gasteiger partial charge in [0.1, 0.15) is 23.8 Å². The van der Waals surface area contributed by atoms with Crippen LogP contribution in [0.15, 0.2) is 18.2 Å². The van der Waals surface area contributed by atoms with E-state index in [4.69, 9.17) is 4.74 Å². The van der Waals surface area contributed by atoms with Crippen molar-refractivity contribution in [3.8, 4) is 11.5 Å². The molecule has 0 amide bonds. The number of nitrogens with zero attached hydrogens (tertiary/aromatic N) is 1. The lowest BCUT2D eigenvalue weighted by molar-refractivity contribution is 0.128. The van der Waals surface area contributed by atoms with E-state index in [-0.39, 0.29) is 11.4 Å². The molecule has 1 aromatic rings. The van der Waals surface area contributed by atoms with E-state index in [1.54, 1.807) is 18.2 Å². The number of ether oxygens (including phenoxy) is 1. The molecule has 0 radical (unpaired) electrons. The molecule has 1 aliphatic rings. The van der Waals surface area contributed by atoms with Gasteiger partial charge in [-0.2, -0.15) is 0 Å². The van der Waals surface area contributed by atoms with E-state index in [0.29, 0.717) is 11.3 Å². The second kappa shape index (κ2) is 6.62. The minimum absolute atomic E-state index is 0.123. The van der Waals surface area contributed by atoms with Gasteiger partial charge >= 0.3 is 0 Å². The summed E-state index contributed by atoms with van der Waals surface area (Å²) in [6.45, 7) is 8.60. The molecule has 0 unspecified atom stereocenters. The SMILES string of the molecule is CC(C)(C)Oc1ccc(O)c([C@@H](CF)N2CCNCC2)c1. The zero-order valence-electron chi connectivity index (χ0n) is 13.0. The third kappa shape index (κ3) is 4.32. The van der Waals surface area contributed by atoms with Crippen molar-refractivity contribution in [3.05, 3.63) is 23.8 Å². The van der Waals surface area contributed by atoms with E-state index in [0.717, 1.165) is 26.2 Å². The average molecular weight is 296 g/mol. The highest BCUT2D eigenvalue weighted by molar-refractivity contribution is 5.41. The molecule has 5 heteroatoms. The molecule has 0 aliphatic carbocycles. The van der Waals surface area contributed by atoms with Crippen molar-refractivity contribution >= 4 is 0 Å². The van der Waals surface area contributed by atoms with Gasteiger partial charge in [-0.15, -0.1) is 0 Å². The number of benzene rings is 1. The van der Waals surface area contributed by atoms with Gasteiger partial charge in [0.15, 0.2) is 0 Å². The van der Waals surface area contributed by atoms with Crippen LogP contribution in [0.1, 0.15) is 32.4 Å².